The molecule has 4 nitrogen and oxygen atoms in total. The van der Waals surface area contributed by atoms with Gasteiger partial charge in [0.05, 0.1) is 6.21 Å². The van der Waals surface area contributed by atoms with Gasteiger partial charge in [0.25, 0.3) is 5.91 Å². The smallest absolute Gasteiger partial charge is 0.262 e. The van der Waals surface area contributed by atoms with Crippen LogP contribution >= 0.6 is 0 Å². The monoisotopic (exact) mass is 309 g/mol. The predicted octanol–water partition coefficient (Wildman–Crippen LogP) is 3.56. The first-order chi connectivity index (χ1) is 11.0. The number of carbonyl (C=O) groups excluding carboxylic acids is 1. The molecule has 0 spiro atoms. The van der Waals surface area contributed by atoms with E-state index in [0.29, 0.717) is 0 Å². The van der Waals surface area contributed by atoms with Crippen LogP contribution in [0.15, 0.2) is 47.6 Å². The minimum absolute atomic E-state index is 0.174. The maximum atomic E-state index is 12.1. The zero-order valence-electron chi connectivity index (χ0n) is 14.1. The molecule has 0 aromatic heterocycles. The van der Waals surface area contributed by atoms with Crippen molar-refractivity contribution in [1.29, 1.82) is 0 Å². The van der Waals surface area contributed by atoms with Crippen molar-refractivity contribution in [2.24, 2.45) is 5.10 Å². The van der Waals surface area contributed by atoms with Crippen molar-refractivity contribution in [3.8, 4) is 0 Å². The molecule has 0 heterocycles. The number of amides is 1. The van der Waals surface area contributed by atoms with Gasteiger partial charge in [-0.3, -0.25) is 4.79 Å². The Morgan fingerprint density at radius 2 is 1.74 bits per heavy atom. The van der Waals surface area contributed by atoms with Crippen LogP contribution in [0.5, 0.6) is 0 Å². The van der Waals surface area contributed by atoms with Crippen LogP contribution in [-0.4, -0.2) is 18.2 Å². The number of aryl methyl sites for hydroxylation is 3. The minimum Gasteiger partial charge on any atom is -0.374 e. The Morgan fingerprint density at radius 3 is 2.39 bits per heavy atom. The van der Waals surface area contributed by atoms with Crippen LogP contribution in [0.1, 0.15) is 29.2 Å². The number of benzene rings is 2. The lowest BCUT2D eigenvalue weighted by Gasteiger charge is -2.14. The standard InChI is InChI=1S/C19H23N3O/c1-13-5-8-17(9-6-13)12-20-22-19(23)16(4)21-18-10-7-14(2)15(3)11-18/h5-12,16,21H,1-4H3,(H,22,23)/b20-12+. The van der Waals surface area contributed by atoms with Gasteiger partial charge in [0.2, 0.25) is 0 Å². The average Bonchev–Trinajstić information content (AvgIpc) is 2.52. The maximum absolute atomic E-state index is 12.1. The molecule has 0 aliphatic rings. The van der Waals surface area contributed by atoms with E-state index in [4.69, 9.17) is 0 Å². The van der Waals surface area contributed by atoms with Crippen molar-refractivity contribution < 1.29 is 4.79 Å². The van der Waals surface area contributed by atoms with Crippen molar-refractivity contribution in [2.45, 2.75) is 33.7 Å². The molecule has 2 aromatic carbocycles. The highest BCUT2D eigenvalue weighted by Crippen LogP contribution is 2.15. The number of nitrogens with zero attached hydrogens (tertiary/aromatic N) is 1. The van der Waals surface area contributed by atoms with Gasteiger partial charge in [-0.1, -0.05) is 35.9 Å². The summed E-state index contributed by atoms with van der Waals surface area (Å²) in [5.74, 6) is -0.174. The fraction of sp³-hybridized carbons (Fsp3) is 0.263. The summed E-state index contributed by atoms with van der Waals surface area (Å²) in [4.78, 5) is 12.1. The maximum Gasteiger partial charge on any atom is 0.262 e. The number of nitrogens with one attached hydrogen (secondary N) is 2. The summed E-state index contributed by atoms with van der Waals surface area (Å²) in [7, 11) is 0. The van der Waals surface area contributed by atoms with E-state index in [0.717, 1.165) is 11.3 Å². The number of hydrogen-bond donors (Lipinski definition) is 2. The summed E-state index contributed by atoms with van der Waals surface area (Å²) < 4.78 is 0. The summed E-state index contributed by atoms with van der Waals surface area (Å²) >= 11 is 0. The Labute approximate surface area is 137 Å². The fourth-order valence-corrected chi connectivity index (χ4v) is 2.07. The van der Waals surface area contributed by atoms with E-state index in [1.165, 1.54) is 16.7 Å². The van der Waals surface area contributed by atoms with Gasteiger partial charge in [0.15, 0.2) is 0 Å². The summed E-state index contributed by atoms with van der Waals surface area (Å²) in [5, 5.41) is 7.18. The molecular weight excluding hydrogens is 286 g/mol. The highest BCUT2D eigenvalue weighted by atomic mass is 16.2. The van der Waals surface area contributed by atoms with E-state index in [2.05, 4.69) is 29.7 Å². The topological polar surface area (TPSA) is 53.5 Å². The average molecular weight is 309 g/mol. The first-order valence-corrected chi connectivity index (χ1v) is 7.69. The van der Waals surface area contributed by atoms with Crippen LogP contribution in [0.3, 0.4) is 0 Å². The largest absolute Gasteiger partial charge is 0.374 e. The molecule has 1 amide bonds. The van der Waals surface area contributed by atoms with Gasteiger partial charge in [-0.05, 0) is 56.5 Å². The molecule has 0 aliphatic carbocycles. The SMILES string of the molecule is Cc1ccc(/C=N/NC(=O)C(C)Nc2ccc(C)c(C)c2)cc1. The van der Waals surface area contributed by atoms with Crippen LogP contribution in [0.2, 0.25) is 0 Å². The molecule has 120 valence electrons. The number of carbonyl (C=O) groups is 1. The Morgan fingerprint density at radius 1 is 1.04 bits per heavy atom. The number of hydrazone groups is 1. The molecule has 1 atom stereocenters. The van der Waals surface area contributed by atoms with Crippen LogP contribution in [0, 0.1) is 20.8 Å². The molecule has 0 fully saturated rings. The molecule has 0 saturated carbocycles. The van der Waals surface area contributed by atoms with Gasteiger partial charge in [0.1, 0.15) is 6.04 Å². The molecule has 0 aliphatic heterocycles. The van der Waals surface area contributed by atoms with E-state index in [1.807, 2.05) is 56.3 Å². The summed E-state index contributed by atoms with van der Waals surface area (Å²) in [5.41, 5.74) is 8.06. The zero-order chi connectivity index (χ0) is 16.8. The second kappa shape index (κ2) is 7.58. The Kier molecular flexibility index (Phi) is 5.52. The van der Waals surface area contributed by atoms with E-state index < -0.39 is 0 Å². The number of hydrogen-bond acceptors (Lipinski definition) is 3. The predicted molar refractivity (Wildman–Crippen MR) is 95.9 cm³/mol. The van der Waals surface area contributed by atoms with Crippen molar-refractivity contribution in [1.82, 2.24) is 5.43 Å². The zero-order valence-corrected chi connectivity index (χ0v) is 14.1. The third kappa shape index (κ3) is 4.95. The lowest BCUT2D eigenvalue weighted by atomic mass is 10.1. The van der Waals surface area contributed by atoms with Crippen molar-refractivity contribution in [3.63, 3.8) is 0 Å². The van der Waals surface area contributed by atoms with Gasteiger partial charge < -0.3 is 5.32 Å². The quantitative estimate of drug-likeness (QED) is 0.655. The first-order valence-electron chi connectivity index (χ1n) is 7.69. The molecule has 0 saturated heterocycles. The van der Waals surface area contributed by atoms with Crippen LogP contribution in [-0.2, 0) is 4.79 Å². The van der Waals surface area contributed by atoms with Crippen molar-refractivity contribution >= 4 is 17.8 Å². The highest BCUT2D eigenvalue weighted by molar-refractivity contribution is 5.86. The molecule has 0 radical (unpaired) electrons. The van der Waals surface area contributed by atoms with E-state index in [-0.39, 0.29) is 11.9 Å². The first kappa shape index (κ1) is 16.7. The summed E-state index contributed by atoms with van der Waals surface area (Å²) in [6.45, 7) is 7.96. The normalized spacial score (nSPS) is 12.2. The Balaban J connectivity index is 1.89. The molecule has 2 N–H and O–H groups in total. The van der Waals surface area contributed by atoms with Crippen molar-refractivity contribution in [2.75, 3.05) is 5.32 Å². The second-order valence-corrected chi connectivity index (χ2v) is 5.81. The molecule has 23 heavy (non-hydrogen) atoms. The third-order valence-electron chi connectivity index (χ3n) is 3.75. The second-order valence-electron chi connectivity index (χ2n) is 5.81. The van der Waals surface area contributed by atoms with Crippen molar-refractivity contribution in [3.05, 3.63) is 64.7 Å². The molecule has 4 heteroatoms. The van der Waals surface area contributed by atoms with Gasteiger partial charge in [-0.2, -0.15) is 5.10 Å². The van der Waals surface area contributed by atoms with E-state index in [9.17, 15) is 4.79 Å². The highest BCUT2D eigenvalue weighted by Gasteiger charge is 2.11. The fourth-order valence-electron chi connectivity index (χ4n) is 2.07. The molecule has 1 unspecified atom stereocenters. The minimum atomic E-state index is -0.368. The van der Waals surface area contributed by atoms with Gasteiger partial charge >= 0.3 is 0 Å². The lowest BCUT2D eigenvalue weighted by Crippen LogP contribution is -2.34. The van der Waals surface area contributed by atoms with Crippen LogP contribution in [0.4, 0.5) is 5.69 Å². The summed E-state index contributed by atoms with van der Waals surface area (Å²) in [6.07, 6.45) is 1.64. The van der Waals surface area contributed by atoms with Gasteiger partial charge in [0, 0.05) is 5.69 Å². The molecular formula is C19H23N3O. The van der Waals surface area contributed by atoms with Gasteiger partial charge in [-0.15, -0.1) is 0 Å². The van der Waals surface area contributed by atoms with E-state index in [1.54, 1.807) is 6.21 Å². The number of anilines is 1. The van der Waals surface area contributed by atoms with Gasteiger partial charge in [-0.25, -0.2) is 5.43 Å². The Hall–Kier alpha value is -2.62. The van der Waals surface area contributed by atoms with E-state index >= 15 is 0 Å². The third-order valence-corrected chi connectivity index (χ3v) is 3.75. The molecule has 2 rings (SSSR count). The lowest BCUT2D eigenvalue weighted by molar-refractivity contribution is -0.121. The summed E-state index contributed by atoms with van der Waals surface area (Å²) in [6, 6.07) is 13.6. The Bertz CT molecular complexity index is 705. The molecule has 0 bridgehead atoms. The van der Waals surface area contributed by atoms with Crippen LogP contribution in [0.25, 0.3) is 0 Å². The van der Waals surface area contributed by atoms with Crippen LogP contribution < -0.4 is 10.7 Å². The molecule has 2 aromatic rings. The number of rotatable bonds is 5.